The lowest BCUT2D eigenvalue weighted by Gasteiger charge is -1.99. The van der Waals surface area contributed by atoms with E-state index in [4.69, 9.17) is 0 Å². The van der Waals surface area contributed by atoms with Gasteiger partial charge in [0.05, 0.1) is 10.2 Å². The number of aromatic nitrogens is 1. The van der Waals surface area contributed by atoms with Gasteiger partial charge in [0.2, 0.25) is 5.91 Å². The number of unbranched alkanes of at least 4 members (excludes halogenated alkanes) is 3. The lowest BCUT2D eigenvalue weighted by atomic mass is 10.1. The van der Waals surface area contributed by atoms with Gasteiger partial charge in [-0.1, -0.05) is 50.5 Å². The predicted molar refractivity (Wildman–Crippen MR) is 91.0 cm³/mol. The van der Waals surface area contributed by atoms with E-state index in [1.165, 1.54) is 18.4 Å². The van der Waals surface area contributed by atoms with E-state index in [0.717, 1.165) is 41.0 Å². The maximum atomic E-state index is 11.8. The Kier molecular flexibility index (Phi) is 6.18. The standard InChI is InChI=1S/C17H24N2OS/c1-3-5-7-9-16(20)19-17-18-14-11-10-13(8-6-4-2)12-15(14)21-17/h10-12H,3-9H2,1-2H3,(H,18,19,20). The molecule has 0 atom stereocenters. The summed E-state index contributed by atoms with van der Waals surface area (Å²) in [7, 11) is 0. The van der Waals surface area contributed by atoms with E-state index >= 15 is 0 Å². The number of rotatable bonds is 8. The van der Waals surface area contributed by atoms with Crippen molar-refractivity contribution >= 4 is 32.6 Å². The average Bonchev–Trinajstić information content (AvgIpc) is 2.86. The Morgan fingerprint density at radius 2 is 2.00 bits per heavy atom. The van der Waals surface area contributed by atoms with Gasteiger partial charge in [-0.05, 0) is 37.0 Å². The number of thiazole rings is 1. The average molecular weight is 304 g/mol. The maximum Gasteiger partial charge on any atom is 0.226 e. The zero-order valence-electron chi connectivity index (χ0n) is 12.9. The van der Waals surface area contributed by atoms with Gasteiger partial charge in [-0.2, -0.15) is 0 Å². The molecule has 0 aliphatic rings. The highest BCUT2D eigenvalue weighted by molar-refractivity contribution is 7.22. The molecular weight excluding hydrogens is 280 g/mol. The minimum Gasteiger partial charge on any atom is -0.302 e. The van der Waals surface area contributed by atoms with Gasteiger partial charge in [-0.15, -0.1) is 0 Å². The van der Waals surface area contributed by atoms with Crippen LogP contribution in [0.5, 0.6) is 0 Å². The van der Waals surface area contributed by atoms with E-state index in [1.807, 2.05) is 0 Å². The molecule has 0 bridgehead atoms. The summed E-state index contributed by atoms with van der Waals surface area (Å²) in [5.41, 5.74) is 2.33. The highest BCUT2D eigenvalue weighted by Crippen LogP contribution is 2.27. The van der Waals surface area contributed by atoms with Crippen molar-refractivity contribution in [3.05, 3.63) is 23.8 Å². The molecule has 1 N–H and O–H groups in total. The van der Waals surface area contributed by atoms with E-state index < -0.39 is 0 Å². The van der Waals surface area contributed by atoms with Gasteiger partial charge in [-0.25, -0.2) is 4.98 Å². The monoisotopic (exact) mass is 304 g/mol. The Morgan fingerprint density at radius 1 is 1.19 bits per heavy atom. The van der Waals surface area contributed by atoms with E-state index in [1.54, 1.807) is 11.3 Å². The minimum atomic E-state index is 0.0775. The number of hydrogen-bond acceptors (Lipinski definition) is 3. The first-order valence-electron chi connectivity index (χ1n) is 7.92. The van der Waals surface area contributed by atoms with Crippen LogP contribution in [0.25, 0.3) is 10.2 Å². The lowest BCUT2D eigenvalue weighted by Crippen LogP contribution is -2.10. The summed E-state index contributed by atoms with van der Waals surface area (Å²) in [5, 5.41) is 3.64. The Hall–Kier alpha value is -1.42. The zero-order chi connectivity index (χ0) is 15.1. The molecule has 0 saturated heterocycles. The predicted octanol–water partition coefficient (Wildman–Crippen LogP) is 5.16. The molecule has 1 aromatic carbocycles. The van der Waals surface area contributed by atoms with Gasteiger partial charge >= 0.3 is 0 Å². The number of nitrogens with one attached hydrogen (secondary N) is 1. The molecule has 1 heterocycles. The van der Waals surface area contributed by atoms with Crippen LogP contribution in [-0.2, 0) is 11.2 Å². The molecule has 114 valence electrons. The SMILES string of the molecule is CCCCCC(=O)Nc1nc2ccc(CCCC)cc2s1. The number of carbonyl (C=O) groups is 1. The smallest absolute Gasteiger partial charge is 0.226 e. The van der Waals surface area contributed by atoms with Crippen LogP contribution in [-0.4, -0.2) is 10.9 Å². The van der Waals surface area contributed by atoms with Gasteiger partial charge in [0.1, 0.15) is 0 Å². The number of fused-ring (bicyclic) bond motifs is 1. The molecule has 0 aliphatic heterocycles. The molecule has 1 aromatic heterocycles. The van der Waals surface area contributed by atoms with E-state index in [0.29, 0.717) is 6.42 Å². The molecule has 0 spiro atoms. The summed E-state index contributed by atoms with van der Waals surface area (Å²) in [5.74, 6) is 0.0775. The number of amides is 1. The van der Waals surface area contributed by atoms with Gasteiger partial charge in [0.15, 0.2) is 5.13 Å². The highest BCUT2D eigenvalue weighted by Gasteiger charge is 2.08. The van der Waals surface area contributed by atoms with Gasteiger partial charge in [-0.3, -0.25) is 4.79 Å². The maximum absolute atomic E-state index is 11.8. The van der Waals surface area contributed by atoms with Crippen molar-refractivity contribution in [2.24, 2.45) is 0 Å². The zero-order valence-corrected chi connectivity index (χ0v) is 13.8. The molecule has 0 aliphatic carbocycles. The second kappa shape index (κ2) is 8.13. The van der Waals surface area contributed by atoms with Crippen LogP contribution in [0, 0.1) is 0 Å². The van der Waals surface area contributed by atoms with Crippen LogP contribution >= 0.6 is 11.3 Å². The Bertz CT molecular complexity index is 591. The second-order valence-corrected chi connectivity index (χ2v) is 6.46. The highest BCUT2D eigenvalue weighted by atomic mass is 32.1. The Labute approximate surface area is 130 Å². The largest absolute Gasteiger partial charge is 0.302 e. The summed E-state index contributed by atoms with van der Waals surface area (Å²) in [6.07, 6.45) is 7.32. The molecule has 21 heavy (non-hydrogen) atoms. The van der Waals surface area contributed by atoms with Crippen molar-refractivity contribution in [1.29, 1.82) is 0 Å². The molecule has 3 nitrogen and oxygen atoms in total. The van der Waals surface area contributed by atoms with Gasteiger partial charge in [0, 0.05) is 6.42 Å². The summed E-state index contributed by atoms with van der Waals surface area (Å²) in [6.45, 7) is 4.35. The third-order valence-electron chi connectivity index (χ3n) is 3.53. The summed E-state index contributed by atoms with van der Waals surface area (Å²) in [4.78, 5) is 16.3. The van der Waals surface area contributed by atoms with Crippen molar-refractivity contribution in [1.82, 2.24) is 4.98 Å². The Morgan fingerprint density at radius 3 is 2.76 bits per heavy atom. The van der Waals surface area contributed by atoms with Crippen LogP contribution in [0.3, 0.4) is 0 Å². The number of anilines is 1. The molecule has 2 rings (SSSR count). The fourth-order valence-corrected chi connectivity index (χ4v) is 3.22. The fraction of sp³-hybridized carbons (Fsp3) is 0.529. The quantitative estimate of drug-likeness (QED) is 0.685. The molecular formula is C17H24N2OS. The Balaban J connectivity index is 1.99. The lowest BCUT2D eigenvalue weighted by molar-refractivity contribution is -0.116. The van der Waals surface area contributed by atoms with Crippen LogP contribution in [0.1, 0.15) is 57.9 Å². The van der Waals surface area contributed by atoms with Crippen LogP contribution in [0.4, 0.5) is 5.13 Å². The number of nitrogens with zero attached hydrogens (tertiary/aromatic N) is 1. The van der Waals surface area contributed by atoms with Gasteiger partial charge in [0.25, 0.3) is 0 Å². The summed E-state index contributed by atoms with van der Waals surface area (Å²) in [6, 6.07) is 6.41. The van der Waals surface area contributed by atoms with E-state index in [2.05, 4.69) is 42.3 Å². The molecule has 0 radical (unpaired) electrons. The second-order valence-electron chi connectivity index (χ2n) is 5.43. The molecule has 2 aromatic rings. The number of benzene rings is 1. The van der Waals surface area contributed by atoms with Crippen LogP contribution < -0.4 is 5.32 Å². The normalized spacial score (nSPS) is 11.0. The summed E-state index contributed by atoms with van der Waals surface area (Å²) < 4.78 is 1.16. The van der Waals surface area contributed by atoms with Crippen LogP contribution in [0.15, 0.2) is 18.2 Å². The number of aryl methyl sites for hydroxylation is 1. The van der Waals surface area contributed by atoms with Crippen molar-refractivity contribution in [2.75, 3.05) is 5.32 Å². The molecule has 0 saturated carbocycles. The molecule has 0 fully saturated rings. The number of hydrogen-bond donors (Lipinski definition) is 1. The first-order chi connectivity index (χ1) is 10.2. The third kappa shape index (κ3) is 4.81. The van der Waals surface area contributed by atoms with Crippen molar-refractivity contribution in [3.8, 4) is 0 Å². The van der Waals surface area contributed by atoms with Gasteiger partial charge < -0.3 is 5.32 Å². The molecule has 0 unspecified atom stereocenters. The minimum absolute atomic E-state index is 0.0775. The third-order valence-corrected chi connectivity index (χ3v) is 4.46. The molecule has 1 amide bonds. The first-order valence-corrected chi connectivity index (χ1v) is 8.74. The number of carbonyl (C=O) groups excluding carboxylic acids is 1. The first kappa shape index (κ1) is 16.0. The van der Waals surface area contributed by atoms with E-state index in [9.17, 15) is 4.79 Å². The van der Waals surface area contributed by atoms with Crippen molar-refractivity contribution in [2.45, 2.75) is 58.8 Å². The summed E-state index contributed by atoms with van der Waals surface area (Å²) >= 11 is 1.57. The fourth-order valence-electron chi connectivity index (χ4n) is 2.28. The molecule has 4 heteroatoms. The topological polar surface area (TPSA) is 42.0 Å². The van der Waals surface area contributed by atoms with Crippen molar-refractivity contribution < 1.29 is 4.79 Å². The van der Waals surface area contributed by atoms with Crippen LogP contribution in [0.2, 0.25) is 0 Å². The van der Waals surface area contributed by atoms with E-state index in [-0.39, 0.29) is 5.91 Å². The van der Waals surface area contributed by atoms with Crippen molar-refractivity contribution in [3.63, 3.8) is 0 Å².